The summed E-state index contributed by atoms with van der Waals surface area (Å²) in [5.74, 6) is -1.25. The summed E-state index contributed by atoms with van der Waals surface area (Å²) in [5.41, 5.74) is -0.126. The van der Waals surface area contributed by atoms with E-state index in [-0.39, 0.29) is 11.3 Å². The van der Waals surface area contributed by atoms with Gasteiger partial charge in [0.05, 0.1) is 11.8 Å². The fourth-order valence-electron chi connectivity index (χ4n) is 5.41. The van der Waals surface area contributed by atoms with E-state index in [1.807, 2.05) is 0 Å². The van der Waals surface area contributed by atoms with Crippen LogP contribution in [0.25, 0.3) is 11.3 Å². The molecular formula is C23H27F3N4O. The predicted molar refractivity (Wildman–Crippen MR) is 111 cm³/mol. The number of hydrogen-bond acceptors (Lipinski definition) is 5. The molecule has 2 aromatic rings. The Morgan fingerprint density at radius 1 is 1.03 bits per heavy atom. The molecule has 3 unspecified atom stereocenters. The van der Waals surface area contributed by atoms with Gasteiger partial charge in [-0.25, -0.2) is 13.2 Å². The lowest BCUT2D eigenvalue weighted by atomic mass is 10.0. The second kappa shape index (κ2) is 8.74. The van der Waals surface area contributed by atoms with E-state index in [4.69, 9.17) is 4.74 Å². The second-order valence-electron chi connectivity index (χ2n) is 9.09. The number of likely N-dealkylation sites (tertiary alicyclic amines) is 1. The summed E-state index contributed by atoms with van der Waals surface area (Å²) < 4.78 is 46.8. The number of rotatable bonds is 5. The minimum Gasteiger partial charge on any atom is -0.377 e. The lowest BCUT2D eigenvalue weighted by Crippen LogP contribution is -2.35. The van der Waals surface area contributed by atoms with Crippen molar-refractivity contribution in [3.05, 3.63) is 41.7 Å². The topological polar surface area (TPSA) is 50.3 Å². The Labute approximate surface area is 180 Å². The van der Waals surface area contributed by atoms with Crippen molar-refractivity contribution in [1.29, 1.82) is 0 Å². The number of hydrogen-bond donors (Lipinski definition) is 1. The number of halogens is 3. The van der Waals surface area contributed by atoms with E-state index >= 15 is 0 Å². The van der Waals surface area contributed by atoms with Gasteiger partial charge in [-0.15, -0.1) is 10.2 Å². The van der Waals surface area contributed by atoms with Gasteiger partial charge in [0, 0.05) is 43.9 Å². The molecule has 3 heterocycles. The highest BCUT2D eigenvalue weighted by Gasteiger charge is 2.41. The monoisotopic (exact) mass is 432 g/mol. The fourth-order valence-corrected chi connectivity index (χ4v) is 5.41. The van der Waals surface area contributed by atoms with Crippen LogP contribution in [0.15, 0.2) is 24.3 Å². The van der Waals surface area contributed by atoms with Crippen LogP contribution in [0.4, 0.5) is 19.0 Å². The zero-order valence-corrected chi connectivity index (χ0v) is 17.4. The van der Waals surface area contributed by atoms with Gasteiger partial charge in [-0.05, 0) is 62.1 Å². The molecule has 0 spiro atoms. The average molecular weight is 432 g/mol. The Kier molecular flexibility index (Phi) is 5.84. The number of aromatic nitrogens is 2. The third-order valence-corrected chi connectivity index (χ3v) is 6.85. The van der Waals surface area contributed by atoms with Crippen molar-refractivity contribution in [3.8, 4) is 11.3 Å². The second-order valence-corrected chi connectivity index (χ2v) is 9.09. The van der Waals surface area contributed by atoms with Crippen molar-refractivity contribution in [2.75, 3.05) is 31.6 Å². The van der Waals surface area contributed by atoms with Crippen LogP contribution in [-0.4, -0.2) is 53.5 Å². The molecule has 31 heavy (non-hydrogen) atoms. The Hall–Kier alpha value is -2.19. The van der Waals surface area contributed by atoms with Crippen molar-refractivity contribution in [3.63, 3.8) is 0 Å². The summed E-state index contributed by atoms with van der Waals surface area (Å²) in [7, 11) is 0. The minimum absolute atomic E-state index is 0.102. The predicted octanol–water partition coefficient (Wildman–Crippen LogP) is 4.25. The summed E-state index contributed by atoms with van der Waals surface area (Å²) in [6, 6.07) is 4.99. The summed E-state index contributed by atoms with van der Waals surface area (Å²) in [4.78, 5) is 2.56. The summed E-state index contributed by atoms with van der Waals surface area (Å²) in [5, 5.41) is 11.5. The Morgan fingerprint density at radius 3 is 2.52 bits per heavy atom. The molecule has 1 aromatic carbocycles. The van der Waals surface area contributed by atoms with Gasteiger partial charge in [-0.3, -0.25) is 0 Å². The number of ether oxygens (including phenoxy) is 1. The molecule has 1 aromatic heterocycles. The van der Waals surface area contributed by atoms with Gasteiger partial charge >= 0.3 is 0 Å². The molecule has 2 aliphatic heterocycles. The molecule has 3 aliphatic rings. The van der Waals surface area contributed by atoms with Crippen molar-refractivity contribution in [2.45, 2.75) is 44.2 Å². The molecular weight excluding hydrogens is 405 g/mol. The van der Waals surface area contributed by atoms with Gasteiger partial charge < -0.3 is 15.0 Å². The first-order valence-electron chi connectivity index (χ1n) is 11.1. The van der Waals surface area contributed by atoms with Crippen molar-refractivity contribution in [1.82, 2.24) is 15.1 Å². The van der Waals surface area contributed by atoms with Crippen molar-refractivity contribution >= 4 is 5.82 Å². The van der Waals surface area contributed by atoms with Crippen LogP contribution < -0.4 is 5.32 Å². The van der Waals surface area contributed by atoms with Gasteiger partial charge in [0.1, 0.15) is 11.6 Å². The molecule has 0 bridgehead atoms. The van der Waals surface area contributed by atoms with Crippen molar-refractivity contribution in [2.24, 2.45) is 11.8 Å². The first kappa shape index (κ1) is 20.7. The van der Waals surface area contributed by atoms with Gasteiger partial charge in [0.2, 0.25) is 0 Å². The number of anilines is 1. The standard InChI is InChI=1S/C23H27F3N4O/c24-16-9-19(23(26)20(25)10-16)21-4-5-22(29-28-21)27-17-7-14-11-30(12-15(14)8-17)13-18-3-1-2-6-31-18/h4-5,9-10,14-15,17-18H,1-3,6-8,11-13H2,(H,27,29)/t14-,15?,17?,18?/m1/s1. The molecule has 1 aliphatic carbocycles. The van der Waals surface area contributed by atoms with E-state index in [1.165, 1.54) is 25.3 Å². The Balaban J connectivity index is 1.16. The molecule has 0 radical (unpaired) electrons. The molecule has 5 rings (SSSR count). The number of nitrogens with zero attached hydrogens (tertiary/aromatic N) is 3. The lowest BCUT2D eigenvalue weighted by molar-refractivity contribution is -0.00303. The van der Waals surface area contributed by atoms with E-state index in [2.05, 4.69) is 20.4 Å². The van der Waals surface area contributed by atoms with Crippen LogP contribution in [-0.2, 0) is 4.74 Å². The maximum Gasteiger partial charge on any atom is 0.168 e. The Morgan fingerprint density at radius 2 is 1.84 bits per heavy atom. The average Bonchev–Trinajstić information content (AvgIpc) is 3.30. The van der Waals surface area contributed by atoms with Crippen LogP contribution >= 0.6 is 0 Å². The van der Waals surface area contributed by atoms with Crippen LogP contribution in [0.2, 0.25) is 0 Å². The minimum atomic E-state index is -1.24. The van der Waals surface area contributed by atoms with Crippen LogP contribution in [0.1, 0.15) is 32.1 Å². The van der Waals surface area contributed by atoms with Crippen LogP contribution in [0.3, 0.4) is 0 Å². The molecule has 3 fully saturated rings. The van der Waals surface area contributed by atoms with Gasteiger partial charge in [-0.1, -0.05) is 0 Å². The van der Waals surface area contributed by atoms with Crippen LogP contribution in [0.5, 0.6) is 0 Å². The van der Waals surface area contributed by atoms with Gasteiger partial charge in [0.25, 0.3) is 0 Å². The van der Waals surface area contributed by atoms with Gasteiger partial charge in [0.15, 0.2) is 11.6 Å². The number of benzene rings is 1. The van der Waals surface area contributed by atoms with E-state index < -0.39 is 17.5 Å². The zero-order valence-electron chi connectivity index (χ0n) is 17.4. The maximum absolute atomic E-state index is 14.0. The normalized spacial score (nSPS) is 28.6. The fraction of sp³-hybridized carbons (Fsp3) is 0.565. The molecule has 166 valence electrons. The summed E-state index contributed by atoms with van der Waals surface area (Å²) in [6.07, 6.45) is 6.20. The third kappa shape index (κ3) is 4.55. The van der Waals surface area contributed by atoms with Gasteiger partial charge in [-0.2, -0.15) is 0 Å². The highest BCUT2D eigenvalue weighted by molar-refractivity contribution is 5.60. The zero-order chi connectivity index (χ0) is 21.4. The quantitative estimate of drug-likeness (QED) is 0.716. The highest BCUT2D eigenvalue weighted by atomic mass is 19.2. The Bertz CT molecular complexity index is 906. The SMILES string of the molecule is Fc1cc(F)c(F)c(-c2ccc(NC3CC4CN(CC5CCCCO5)C[C@H]4C3)nn2)c1. The van der Waals surface area contributed by atoms with E-state index in [1.54, 1.807) is 6.07 Å². The molecule has 4 atom stereocenters. The van der Waals surface area contributed by atoms with E-state index in [0.29, 0.717) is 35.9 Å². The highest BCUT2D eigenvalue weighted by Crippen LogP contribution is 2.39. The number of nitrogens with one attached hydrogen (secondary N) is 1. The van der Waals surface area contributed by atoms with Crippen LogP contribution in [0, 0.1) is 29.3 Å². The molecule has 5 nitrogen and oxygen atoms in total. The molecule has 8 heteroatoms. The number of fused-ring (bicyclic) bond motifs is 1. The molecule has 1 N–H and O–H groups in total. The van der Waals surface area contributed by atoms with E-state index in [0.717, 1.165) is 45.1 Å². The van der Waals surface area contributed by atoms with E-state index in [9.17, 15) is 13.2 Å². The smallest absolute Gasteiger partial charge is 0.168 e. The third-order valence-electron chi connectivity index (χ3n) is 6.85. The molecule has 2 saturated heterocycles. The first-order valence-corrected chi connectivity index (χ1v) is 11.1. The summed E-state index contributed by atoms with van der Waals surface area (Å²) >= 11 is 0. The largest absolute Gasteiger partial charge is 0.377 e. The lowest BCUT2D eigenvalue weighted by Gasteiger charge is -2.28. The van der Waals surface area contributed by atoms with Crippen molar-refractivity contribution < 1.29 is 17.9 Å². The first-order chi connectivity index (χ1) is 15.0. The molecule has 0 amide bonds. The summed E-state index contributed by atoms with van der Waals surface area (Å²) in [6.45, 7) is 4.20. The maximum atomic E-state index is 14.0. The molecule has 1 saturated carbocycles.